The van der Waals surface area contributed by atoms with Gasteiger partial charge in [-0.05, 0) is 37.6 Å². The van der Waals surface area contributed by atoms with E-state index in [4.69, 9.17) is 0 Å². The zero-order valence-electron chi connectivity index (χ0n) is 11.6. The van der Waals surface area contributed by atoms with Crippen molar-refractivity contribution >= 4 is 11.7 Å². The first-order chi connectivity index (χ1) is 9.70. The molecule has 5 nitrogen and oxygen atoms in total. The van der Waals surface area contributed by atoms with Gasteiger partial charge in [0.1, 0.15) is 11.5 Å². The maximum absolute atomic E-state index is 12.2. The molecule has 0 fully saturated rings. The molecule has 20 heavy (non-hydrogen) atoms. The van der Waals surface area contributed by atoms with Crippen LogP contribution in [0, 0.1) is 0 Å². The van der Waals surface area contributed by atoms with Gasteiger partial charge in [-0.1, -0.05) is 12.1 Å². The summed E-state index contributed by atoms with van der Waals surface area (Å²) in [6.45, 7) is 4.67. The number of pyridine rings is 2. The van der Waals surface area contributed by atoms with E-state index in [2.05, 4.69) is 20.6 Å². The highest BCUT2D eigenvalue weighted by Gasteiger charge is 2.12. The van der Waals surface area contributed by atoms with E-state index in [9.17, 15) is 4.79 Å². The van der Waals surface area contributed by atoms with Crippen molar-refractivity contribution in [3.05, 3.63) is 54.0 Å². The van der Waals surface area contributed by atoms with Crippen LogP contribution in [-0.2, 0) is 0 Å². The van der Waals surface area contributed by atoms with Crippen LogP contribution >= 0.6 is 0 Å². The number of amides is 1. The first-order valence-electron chi connectivity index (χ1n) is 6.62. The number of hydrogen-bond acceptors (Lipinski definition) is 4. The van der Waals surface area contributed by atoms with Crippen LogP contribution in [0.4, 0.5) is 5.82 Å². The van der Waals surface area contributed by atoms with Gasteiger partial charge < -0.3 is 10.6 Å². The number of hydrogen-bond donors (Lipinski definition) is 2. The molecule has 1 atom stereocenters. The quantitative estimate of drug-likeness (QED) is 0.875. The Kier molecular flexibility index (Phi) is 4.65. The second-order valence-corrected chi connectivity index (χ2v) is 4.42. The van der Waals surface area contributed by atoms with Gasteiger partial charge in [-0.2, -0.15) is 0 Å². The molecule has 104 valence electrons. The van der Waals surface area contributed by atoms with Crippen molar-refractivity contribution < 1.29 is 4.79 Å². The summed E-state index contributed by atoms with van der Waals surface area (Å²) in [7, 11) is 0. The largest absolute Gasteiger partial charge is 0.370 e. The predicted molar refractivity (Wildman–Crippen MR) is 78.5 cm³/mol. The first kappa shape index (κ1) is 14.0. The Morgan fingerprint density at radius 3 is 2.85 bits per heavy atom. The Balaban J connectivity index is 2.06. The fourth-order valence-electron chi connectivity index (χ4n) is 1.83. The molecule has 0 spiro atoms. The Bertz CT molecular complexity index is 571. The van der Waals surface area contributed by atoms with Crippen molar-refractivity contribution in [3.8, 4) is 0 Å². The van der Waals surface area contributed by atoms with Crippen LogP contribution in [0.2, 0.25) is 0 Å². The molecule has 2 heterocycles. The van der Waals surface area contributed by atoms with E-state index in [1.165, 1.54) is 0 Å². The minimum absolute atomic E-state index is 0.110. The second kappa shape index (κ2) is 6.65. The average Bonchev–Trinajstić information content (AvgIpc) is 2.48. The van der Waals surface area contributed by atoms with Gasteiger partial charge in [-0.15, -0.1) is 0 Å². The van der Waals surface area contributed by atoms with Crippen LogP contribution in [0.5, 0.6) is 0 Å². The van der Waals surface area contributed by atoms with Gasteiger partial charge in [-0.25, -0.2) is 4.98 Å². The maximum atomic E-state index is 12.2. The number of carbonyl (C=O) groups excluding carboxylic acids is 1. The smallest absolute Gasteiger partial charge is 0.270 e. The van der Waals surface area contributed by atoms with Crippen LogP contribution < -0.4 is 10.6 Å². The lowest BCUT2D eigenvalue weighted by molar-refractivity contribution is 0.0935. The van der Waals surface area contributed by atoms with Gasteiger partial charge in [0.25, 0.3) is 5.91 Å². The molecular formula is C15H18N4O. The molecule has 2 N–H and O–H groups in total. The Morgan fingerprint density at radius 1 is 1.30 bits per heavy atom. The van der Waals surface area contributed by atoms with E-state index < -0.39 is 0 Å². The molecule has 1 amide bonds. The van der Waals surface area contributed by atoms with Crippen molar-refractivity contribution in [2.75, 3.05) is 11.9 Å². The summed E-state index contributed by atoms with van der Waals surface area (Å²) in [4.78, 5) is 20.5. The highest BCUT2D eigenvalue weighted by Crippen LogP contribution is 2.11. The van der Waals surface area contributed by atoms with Crippen molar-refractivity contribution in [2.45, 2.75) is 19.9 Å². The summed E-state index contributed by atoms with van der Waals surface area (Å²) in [5.74, 6) is 0.510. The van der Waals surface area contributed by atoms with Gasteiger partial charge >= 0.3 is 0 Å². The lowest BCUT2D eigenvalue weighted by Gasteiger charge is -2.13. The summed E-state index contributed by atoms with van der Waals surface area (Å²) in [6.07, 6.45) is 3.45. The molecule has 0 aliphatic carbocycles. The van der Waals surface area contributed by atoms with E-state index in [0.717, 1.165) is 12.1 Å². The van der Waals surface area contributed by atoms with E-state index in [-0.39, 0.29) is 11.9 Å². The topological polar surface area (TPSA) is 66.9 Å². The summed E-state index contributed by atoms with van der Waals surface area (Å²) < 4.78 is 0. The molecule has 2 rings (SSSR count). The minimum atomic E-state index is -0.193. The third-order valence-electron chi connectivity index (χ3n) is 2.87. The first-order valence-corrected chi connectivity index (χ1v) is 6.62. The number of aromatic nitrogens is 2. The molecule has 0 aliphatic rings. The van der Waals surface area contributed by atoms with Gasteiger partial charge in [0.2, 0.25) is 0 Å². The van der Waals surface area contributed by atoms with Crippen molar-refractivity contribution in [1.29, 1.82) is 0 Å². The Hall–Kier alpha value is -2.43. The van der Waals surface area contributed by atoms with Crippen LogP contribution in [0.25, 0.3) is 0 Å². The van der Waals surface area contributed by atoms with Crippen LogP contribution in [0.3, 0.4) is 0 Å². The number of nitrogens with one attached hydrogen (secondary N) is 2. The number of nitrogens with zero attached hydrogens (tertiary/aromatic N) is 2. The molecule has 0 saturated heterocycles. The zero-order chi connectivity index (χ0) is 14.4. The summed E-state index contributed by atoms with van der Waals surface area (Å²) in [6, 6.07) is 9.02. The van der Waals surface area contributed by atoms with Gasteiger partial charge in [0.05, 0.1) is 6.04 Å². The van der Waals surface area contributed by atoms with Gasteiger partial charge in [0.15, 0.2) is 0 Å². The molecule has 0 aromatic carbocycles. The molecule has 2 aromatic heterocycles. The molecule has 0 aliphatic heterocycles. The summed E-state index contributed by atoms with van der Waals surface area (Å²) in [5.41, 5.74) is 1.36. The van der Waals surface area contributed by atoms with Crippen LogP contribution in [0.15, 0.2) is 42.7 Å². The lowest BCUT2D eigenvalue weighted by atomic mass is 10.1. The molecule has 2 aromatic rings. The Labute approximate surface area is 118 Å². The van der Waals surface area contributed by atoms with Crippen molar-refractivity contribution in [1.82, 2.24) is 15.3 Å². The number of carbonyl (C=O) groups is 1. The third-order valence-corrected chi connectivity index (χ3v) is 2.87. The fourth-order valence-corrected chi connectivity index (χ4v) is 1.83. The maximum Gasteiger partial charge on any atom is 0.270 e. The Morgan fingerprint density at radius 2 is 2.15 bits per heavy atom. The minimum Gasteiger partial charge on any atom is -0.370 e. The standard InChI is InChI=1S/C15H18N4O/c1-3-17-14-8-4-7-13(19-14)15(20)18-11(2)12-6-5-9-16-10-12/h4-11H,3H2,1-2H3,(H,17,19)(H,18,20). The number of anilines is 1. The summed E-state index contributed by atoms with van der Waals surface area (Å²) in [5, 5.41) is 6.00. The average molecular weight is 270 g/mol. The van der Waals surface area contributed by atoms with Crippen LogP contribution in [0.1, 0.15) is 35.9 Å². The SMILES string of the molecule is CCNc1cccc(C(=O)NC(C)c2cccnc2)n1. The van der Waals surface area contributed by atoms with Crippen molar-refractivity contribution in [2.24, 2.45) is 0 Å². The molecule has 0 bridgehead atoms. The molecule has 0 saturated carbocycles. The monoisotopic (exact) mass is 270 g/mol. The van der Waals surface area contributed by atoms with E-state index in [1.807, 2.05) is 38.1 Å². The van der Waals surface area contributed by atoms with Gasteiger partial charge in [-0.3, -0.25) is 9.78 Å². The van der Waals surface area contributed by atoms with Crippen LogP contribution in [-0.4, -0.2) is 22.4 Å². The summed E-state index contributed by atoms with van der Waals surface area (Å²) >= 11 is 0. The highest BCUT2D eigenvalue weighted by molar-refractivity contribution is 5.92. The van der Waals surface area contributed by atoms with E-state index >= 15 is 0 Å². The molecular weight excluding hydrogens is 252 g/mol. The molecule has 0 radical (unpaired) electrons. The van der Waals surface area contributed by atoms with E-state index in [0.29, 0.717) is 11.5 Å². The normalized spacial score (nSPS) is 11.7. The predicted octanol–water partition coefficient (Wildman–Crippen LogP) is 2.40. The van der Waals surface area contributed by atoms with Crippen molar-refractivity contribution in [3.63, 3.8) is 0 Å². The number of rotatable bonds is 5. The fraction of sp³-hybridized carbons (Fsp3) is 0.267. The highest BCUT2D eigenvalue weighted by atomic mass is 16.1. The lowest BCUT2D eigenvalue weighted by Crippen LogP contribution is -2.27. The van der Waals surface area contributed by atoms with E-state index in [1.54, 1.807) is 18.5 Å². The second-order valence-electron chi connectivity index (χ2n) is 4.42. The third kappa shape index (κ3) is 3.54. The van der Waals surface area contributed by atoms with Gasteiger partial charge in [0, 0.05) is 18.9 Å². The molecule has 1 unspecified atom stereocenters. The molecule has 5 heteroatoms. The zero-order valence-corrected chi connectivity index (χ0v) is 11.6.